The summed E-state index contributed by atoms with van der Waals surface area (Å²) in [5.74, 6) is 0. The fourth-order valence-corrected chi connectivity index (χ4v) is 0. The first-order valence-corrected chi connectivity index (χ1v) is 3.29. The van der Waals surface area contributed by atoms with E-state index in [2.05, 4.69) is 0 Å². The van der Waals surface area contributed by atoms with Gasteiger partial charge in [0.25, 0.3) is 0 Å². The van der Waals surface area contributed by atoms with E-state index in [0.29, 0.717) is 0 Å². The summed E-state index contributed by atoms with van der Waals surface area (Å²) < 4.78 is 25.0. The zero-order valence-corrected chi connectivity index (χ0v) is 8.46. The van der Waals surface area contributed by atoms with Gasteiger partial charge in [0.05, 0.1) is 26.1 Å². The zero-order chi connectivity index (χ0) is 8.12. The van der Waals surface area contributed by atoms with Crippen LogP contribution in [0, 0.1) is 46.9 Å². The molecular formula is O6P3Yb. The van der Waals surface area contributed by atoms with Crippen molar-refractivity contribution in [2.45, 2.75) is 0 Å². The van der Waals surface area contributed by atoms with Crippen LogP contribution in [0.5, 0.6) is 0 Å². The Labute approximate surface area is 100 Å². The Bertz CT molecular complexity index is 49.7. The van der Waals surface area contributed by atoms with Crippen molar-refractivity contribution in [3.8, 4) is 0 Å². The Morgan fingerprint density at radius 1 is 0.700 bits per heavy atom. The van der Waals surface area contributed by atoms with Gasteiger partial charge in [-0.3, -0.25) is 13.7 Å². The van der Waals surface area contributed by atoms with Gasteiger partial charge in [-0.25, -0.2) is 0 Å². The van der Waals surface area contributed by atoms with Crippen LogP contribution in [-0.2, 0) is 13.7 Å². The molecule has 0 N–H and O–H groups in total. The average Bonchev–Trinajstić information content (AvgIpc) is 1.70. The molecule has 65 valence electrons. The molecule has 10 heavy (non-hydrogen) atoms. The third-order valence-corrected chi connectivity index (χ3v) is 0. The number of rotatable bonds is 0. The van der Waals surface area contributed by atoms with E-state index in [1.165, 1.54) is 0 Å². The van der Waals surface area contributed by atoms with Crippen molar-refractivity contribution in [3.05, 3.63) is 0 Å². The predicted octanol–water partition coefficient (Wildman–Crippen LogP) is -1.34. The molecule has 0 aliphatic rings. The van der Waals surface area contributed by atoms with Gasteiger partial charge in [-0.2, -0.15) is 0 Å². The molecule has 0 atom stereocenters. The third-order valence-electron chi connectivity index (χ3n) is 0. The van der Waals surface area contributed by atoms with Crippen molar-refractivity contribution < 1.29 is 75.3 Å². The molecule has 0 fully saturated rings. The SMILES string of the molecule is O=P[O-].O=P[O-].O=P[O-].[Yb+3]. The van der Waals surface area contributed by atoms with Crippen LogP contribution in [0.25, 0.3) is 0 Å². The van der Waals surface area contributed by atoms with Gasteiger partial charge in [0.15, 0.2) is 0 Å². The van der Waals surface area contributed by atoms with Crippen LogP contribution >= 0.6 is 26.1 Å². The fraction of sp³-hybridized carbons (Fsp3) is 0. The molecule has 0 rings (SSSR count). The quantitative estimate of drug-likeness (QED) is 0.492. The Balaban J connectivity index is -0.0000000257. The monoisotopic (exact) mass is 363 g/mol. The standard InChI is InChI=1S/3HO2P.Yb/c3*1-3-2;/h3*(H,1,2);/q;;;+3/p-3. The fourth-order valence-electron chi connectivity index (χ4n) is 0. The van der Waals surface area contributed by atoms with Gasteiger partial charge >= 0.3 is 46.9 Å². The molecule has 0 saturated carbocycles. The minimum absolute atomic E-state index is 0. The van der Waals surface area contributed by atoms with E-state index in [4.69, 9.17) is 28.4 Å². The molecule has 0 heterocycles. The molecule has 0 aliphatic carbocycles. The molecule has 0 amide bonds. The molecule has 0 saturated heterocycles. The van der Waals surface area contributed by atoms with Crippen molar-refractivity contribution in [2.75, 3.05) is 0 Å². The molecule has 0 aromatic carbocycles. The summed E-state index contributed by atoms with van der Waals surface area (Å²) >= 11 is 0. The van der Waals surface area contributed by atoms with E-state index in [0.717, 1.165) is 0 Å². The summed E-state index contributed by atoms with van der Waals surface area (Å²) in [4.78, 5) is 25.0. The van der Waals surface area contributed by atoms with Gasteiger partial charge in [-0.1, -0.05) is 0 Å². The Morgan fingerprint density at radius 3 is 0.700 bits per heavy atom. The smallest absolute Gasteiger partial charge is 0.772 e. The Kier molecular flexibility index (Phi) is 103. The van der Waals surface area contributed by atoms with E-state index < -0.39 is 26.1 Å². The normalized spacial score (nSPS) is 6.30. The first kappa shape index (κ1) is 22.6. The molecule has 10 heteroatoms. The van der Waals surface area contributed by atoms with Crippen LogP contribution in [0.3, 0.4) is 0 Å². The minimum atomic E-state index is -1.08. The maximum atomic E-state index is 8.35. The molecule has 6 nitrogen and oxygen atoms in total. The van der Waals surface area contributed by atoms with Crippen molar-refractivity contribution in [2.24, 2.45) is 0 Å². The summed E-state index contributed by atoms with van der Waals surface area (Å²) in [6.07, 6.45) is 0. The molecular weight excluding hydrogens is 362 g/mol. The van der Waals surface area contributed by atoms with Crippen LogP contribution < -0.4 is 14.7 Å². The van der Waals surface area contributed by atoms with Crippen LogP contribution in [-0.4, -0.2) is 0 Å². The van der Waals surface area contributed by atoms with E-state index in [1.807, 2.05) is 0 Å². The summed E-state index contributed by atoms with van der Waals surface area (Å²) in [6, 6.07) is 0. The molecule has 0 unspecified atom stereocenters. The molecule has 0 bridgehead atoms. The largest absolute Gasteiger partial charge is 3.00 e. The summed E-state index contributed by atoms with van der Waals surface area (Å²) in [5.41, 5.74) is 0. The van der Waals surface area contributed by atoms with Gasteiger partial charge < -0.3 is 14.7 Å². The van der Waals surface area contributed by atoms with Crippen LogP contribution in [0.15, 0.2) is 0 Å². The van der Waals surface area contributed by atoms with Gasteiger partial charge in [-0.15, -0.1) is 0 Å². The van der Waals surface area contributed by atoms with Crippen molar-refractivity contribution in [3.63, 3.8) is 0 Å². The predicted molar refractivity (Wildman–Crippen MR) is 22.8 cm³/mol. The van der Waals surface area contributed by atoms with E-state index >= 15 is 0 Å². The minimum Gasteiger partial charge on any atom is -0.772 e. The Morgan fingerprint density at radius 2 is 0.700 bits per heavy atom. The van der Waals surface area contributed by atoms with Crippen LogP contribution in [0.1, 0.15) is 0 Å². The average molecular weight is 362 g/mol. The number of hydrogen-bond acceptors (Lipinski definition) is 6. The van der Waals surface area contributed by atoms with E-state index in [1.54, 1.807) is 0 Å². The molecule has 1 radical (unpaired) electrons. The maximum absolute atomic E-state index is 8.35. The van der Waals surface area contributed by atoms with Crippen LogP contribution in [0.4, 0.5) is 0 Å². The van der Waals surface area contributed by atoms with Gasteiger partial charge in [0, 0.05) is 0 Å². The van der Waals surface area contributed by atoms with Gasteiger partial charge in [0.2, 0.25) is 0 Å². The first-order valence-electron chi connectivity index (χ1n) is 1.10. The topological polar surface area (TPSA) is 120 Å². The molecule has 0 spiro atoms. The summed E-state index contributed by atoms with van der Waals surface area (Å²) in [5, 5.41) is 0. The van der Waals surface area contributed by atoms with E-state index in [-0.39, 0.29) is 46.9 Å². The van der Waals surface area contributed by atoms with Crippen molar-refractivity contribution in [1.82, 2.24) is 0 Å². The zero-order valence-electron chi connectivity index (χ0n) is 4.06. The second-order valence-electron chi connectivity index (χ2n) is 0.224. The van der Waals surface area contributed by atoms with Crippen LogP contribution in [0.2, 0.25) is 0 Å². The second-order valence-corrected chi connectivity index (χ2v) is 0.671. The maximum Gasteiger partial charge on any atom is 3.00 e. The molecule has 0 aromatic heterocycles. The van der Waals surface area contributed by atoms with E-state index in [9.17, 15) is 0 Å². The number of hydrogen-bond donors (Lipinski definition) is 0. The Hall–Kier alpha value is 1.70. The molecule has 0 aromatic rings. The van der Waals surface area contributed by atoms with Crippen molar-refractivity contribution >= 4 is 26.1 Å². The summed E-state index contributed by atoms with van der Waals surface area (Å²) in [6.45, 7) is 0. The summed E-state index contributed by atoms with van der Waals surface area (Å²) in [7, 11) is -3.25. The van der Waals surface area contributed by atoms with Gasteiger partial charge in [0.1, 0.15) is 0 Å². The second kappa shape index (κ2) is 45.6. The molecule has 0 aliphatic heterocycles. The van der Waals surface area contributed by atoms with Crippen molar-refractivity contribution in [1.29, 1.82) is 0 Å². The third kappa shape index (κ3) is 254. The first-order chi connectivity index (χ1) is 4.24. The van der Waals surface area contributed by atoms with Gasteiger partial charge in [-0.05, 0) is 0 Å².